The molecule has 2 N–H and O–H groups in total. The van der Waals surface area contributed by atoms with E-state index in [4.69, 9.17) is 5.73 Å². The summed E-state index contributed by atoms with van der Waals surface area (Å²) in [5.74, 6) is -1.12. The van der Waals surface area contributed by atoms with E-state index in [2.05, 4.69) is 0 Å². The fourth-order valence-corrected chi connectivity index (χ4v) is 2.48. The van der Waals surface area contributed by atoms with E-state index in [0.29, 0.717) is 12.0 Å². The molecule has 3 heteroatoms. The van der Waals surface area contributed by atoms with E-state index < -0.39 is 11.6 Å². The predicted molar refractivity (Wildman–Crippen MR) is 80.9 cm³/mol. The minimum absolute atomic E-state index is 0.324. The fourth-order valence-electron chi connectivity index (χ4n) is 2.48. The molecule has 0 aliphatic carbocycles. The monoisotopic (exact) mass is 283 g/mol. The van der Waals surface area contributed by atoms with Gasteiger partial charge < -0.3 is 5.73 Å². The molecule has 3 rings (SSSR count). The van der Waals surface area contributed by atoms with Crippen LogP contribution in [0.3, 0.4) is 0 Å². The molecule has 106 valence electrons. The second-order valence-electron chi connectivity index (χ2n) is 5.15. The third-order valence-electron chi connectivity index (χ3n) is 3.66. The molecule has 0 amide bonds. The van der Waals surface area contributed by atoms with Crippen LogP contribution >= 0.6 is 0 Å². The first-order valence-electron chi connectivity index (χ1n) is 6.82. The summed E-state index contributed by atoms with van der Waals surface area (Å²) in [5.41, 5.74) is 7.53. The van der Waals surface area contributed by atoms with Crippen LogP contribution in [0.15, 0.2) is 60.7 Å². The Kier molecular flexibility index (Phi) is 3.67. The van der Waals surface area contributed by atoms with E-state index in [1.165, 1.54) is 12.1 Å². The highest BCUT2D eigenvalue weighted by Crippen LogP contribution is 2.23. The molecule has 0 aliphatic heterocycles. The Balaban J connectivity index is 1.87. The summed E-state index contributed by atoms with van der Waals surface area (Å²) in [6, 6.07) is 17.2. The largest absolute Gasteiger partial charge is 0.324 e. The maximum atomic E-state index is 13.7. The average Bonchev–Trinajstić information content (AvgIpc) is 2.49. The van der Waals surface area contributed by atoms with Gasteiger partial charge in [0, 0.05) is 12.1 Å². The van der Waals surface area contributed by atoms with Crippen molar-refractivity contribution in [3.8, 4) is 0 Å². The molecule has 1 unspecified atom stereocenters. The number of benzene rings is 3. The van der Waals surface area contributed by atoms with Crippen LogP contribution in [0, 0.1) is 11.6 Å². The quantitative estimate of drug-likeness (QED) is 0.759. The lowest BCUT2D eigenvalue weighted by Gasteiger charge is -2.13. The topological polar surface area (TPSA) is 26.0 Å². The highest BCUT2D eigenvalue weighted by Gasteiger charge is 2.11. The molecule has 1 atom stereocenters. The van der Waals surface area contributed by atoms with Gasteiger partial charge in [0.25, 0.3) is 0 Å². The Morgan fingerprint density at radius 1 is 0.857 bits per heavy atom. The average molecular weight is 283 g/mol. The van der Waals surface area contributed by atoms with Crippen molar-refractivity contribution in [1.82, 2.24) is 0 Å². The van der Waals surface area contributed by atoms with Gasteiger partial charge in [-0.05, 0) is 40.5 Å². The molecule has 1 nitrogen and oxygen atoms in total. The number of fused-ring (bicyclic) bond motifs is 1. The lowest BCUT2D eigenvalue weighted by Crippen LogP contribution is -2.14. The normalized spacial score (nSPS) is 12.5. The molecule has 0 fully saturated rings. The smallest absolute Gasteiger partial charge is 0.129 e. The summed E-state index contributed by atoms with van der Waals surface area (Å²) in [5, 5.41) is 2.24. The van der Waals surface area contributed by atoms with Gasteiger partial charge in [0.05, 0.1) is 0 Å². The van der Waals surface area contributed by atoms with Crippen molar-refractivity contribution in [3.05, 3.63) is 83.4 Å². The van der Waals surface area contributed by atoms with Crippen LogP contribution in [0.1, 0.15) is 17.2 Å². The number of rotatable bonds is 3. The van der Waals surface area contributed by atoms with E-state index in [-0.39, 0.29) is 6.04 Å². The van der Waals surface area contributed by atoms with Crippen LogP contribution < -0.4 is 5.73 Å². The van der Waals surface area contributed by atoms with Crippen LogP contribution in [0.2, 0.25) is 0 Å². The predicted octanol–water partition coefficient (Wildman–Crippen LogP) is 4.36. The summed E-state index contributed by atoms with van der Waals surface area (Å²) in [6.45, 7) is 0. The van der Waals surface area contributed by atoms with Gasteiger partial charge in [-0.2, -0.15) is 0 Å². The van der Waals surface area contributed by atoms with Crippen LogP contribution in [0.4, 0.5) is 8.78 Å². The molecule has 0 aliphatic rings. The maximum Gasteiger partial charge on any atom is 0.129 e. The minimum Gasteiger partial charge on any atom is -0.324 e. The molecule has 21 heavy (non-hydrogen) atoms. The molecular formula is C18H15F2N. The zero-order valence-electron chi connectivity index (χ0n) is 11.4. The number of hydrogen-bond acceptors (Lipinski definition) is 1. The van der Waals surface area contributed by atoms with Gasteiger partial charge in [0.2, 0.25) is 0 Å². The summed E-state index contributed by atoms with van der Waals surface area (Å²) in [4.78, 5) is 0. The van der Waals surface area contributed by atoms with E-state index in [9.17, 15) is 8.78 Å². The summed E-state index contributed by atoms with van der Waals surface area (Å²) < 4.78 is 26.6. The molecular weight excluding hydrogens is 268 g/mol. The van der Waals surface area contributed by atoms with E-state index in [1.807, 2.05) is 42.5 Å². The Morgan fingerprint density at radius 2 is 1.62 bits per heavy atom. The lowest BCUT2D eigenvalue weighted by atomic mass is 9.97. The minimum atomic E-state index is -0.574. The summed E-state index contributed by atoms with van der Waals surface area (Å²) >= 11 is 0. The number of nitrogens with two attached hydrogens (primary N) is 1. The fraction of sp³-hybridized carbons (Fsp3) is 0.111. The molecule has 3 aromatic rings. The first-order chi connectivity index (χ1) is 10.1. The first kappa shape index (κ1) is 13.7. The highest BCUT2D eigenvalue weighted by molar-refractivity contribution is 5.83. The SMILES string of the molecule is NC(Cc1ccc(F)cc1F)c1ccc2ccccc2c1. The lowest BCUT2D eigenvalue weighted by molar-refractivity contribution is 0.563. The third kappa shape index (κ3) is 2.93. The molecule has 0 heterocycles. The van der Waals surface area contributed by atoms with Gasteiger partial charge in [-0.15, -0.1) is 0 Å². The molecule has 0 aromatic heterocycles. The zero-order chi connectivity index (χ0) is 14.8. The van der Waals surface area contributed by atoms with Crippen molar-refractivity contribution >= 4 is 10.8 Å². The summed E-state index contributed by atoms with van der Waals surface area (Å²) in [6.07, 6.45) is 0.338. The second kappa shape index (κ2) is 5.62. The standard InChI is InChI=1S/C18H15F2N/c19-16-8-7-14(17(20)11-16)10-18(21)15-6-5-12-3-1-2-4-13(12)9-15/h1-9,11,18H,10,21H2. The van der Waals surface area contributed by atoms with Crippen LogP contribution in [-0.2, 0) is 6.42 Å². The first-order valence-corrected chi connectivity index (χ1v) is 6.82. The Bertz CT molecular complexity index is 783. The molecule has 0 saturated heterocycles. The Hall–Kier alpha value is -2.26. The van der Waals surface area contributed by atoms with Gasteiger partial charge in [0.1, 0.15) is 11.6 Å². The van der Waals surface area contributed by atoms with Crippen LogP contribution in [-0.4, -0.2) is 0 Å². The Labute approximate surface area is 122 Å². The molecule has 0 saturated carbocycles. The number of hydrogen-bond donors (Lipinski definition) is 1. The maximum absolute atomic E-state index is 13.7. The third-order valence-corrected chi connectivity index (χ3v) is 3.66. The van der Waals surface area contributed by atoms with Gasteiger partial charge in [-0.3, -0.25) is 0 Å². The van der Waals surface area contributed by atoms with Crippen molar-refractivity contribution < 1.29 is 8.78 Å². The Morgan fingerprint density at radius 3 is 2.38 bits per heavy atom. The van der Waals surface area contributed by atoms with Gasteiger partial charge in [-0.1, -0.05) is 42.5 Å². The van der Waals surface area contributed by atoms with Crippen molar-refractivity contribution in [2.75, 3.05) is 0 Å². The van der Waals surface area contributed by atoms with Gasteiger partial charge in [-0.25, -0.2) is 8.78 Å². The van der Waals surface area contributed by atoms with Crippen molar-refractivity contribution in [3.63, 3.8) is 0 Å². The second-order valence-corrected chi connectivity index (χ2v) is 5.15. The van der Waals surface area contributed by atoms with E-state index in [0.717, 1.165) is 22.4 Å². The molecule has 0 spiro atoms. The highest BCUT2D eigenvalue weighted by atomic mass is 19.1. The number of halogens is 2. The van der Waals surface area contributed by atoms with Crippen molar-refractivity contribution in [1.29, 1.82) is 0 Å². The van der Waals surface area contributed by atoms with E-state index >= 15 is 0 Å². The van der Waals surface area contributed by atoms with Gasteiger partial charge in [0.15, 0.2) is 0 Å². The van der Waals surface area contributed by atoms with Crippen LogP contribution in [0.25, 0.3) is 10.8 Å². The molecule has 0 radical (unpaired) electrons. The zero-order valence-corrected chi connectivity index (χ0v) is 11.4. The summed E-state index contributed by atoms with van der Waals surface area (Å²) in [7, 11) is 0. The molecule has 3 aromatic carbocycles. The van der Waals surface area contributed by atoms with E-state index in [1.54, 1.807) is 0 Å². The van der Waals surface area contributed by atoms with Crippen molar-refractivity contribution in [2.24, 2.45) is 5.73 Å². The van der Waals surface area contributed by atoms with Gasteiger partial charge >= 0.3 is 0 Å². The molecule has 0 bridgehead atoms. The van der Waals surface area contributed by atoms with Crippen LogP contribution in [0.5, 0.6) is 0 Å². The van der Waals surface area contributed by atoms with Crippen molar-refractivity contribution in [2.45, 2.75) is 12.5 Å².